The van der Waals surface area contributed by atoms with E-state index in [1.807, 2.05) is 0 Å². The van der Waals surface area contributed by atoms with E-state index in [1.54, 1.807) is 0 Å². The normalized spacial score (nSPS) is 20.2. The largest absolute Gasteiger partial charge is 0.396 e. The van der Waals surface area contributed by atoms with Crippen molar-refractivity contribution in [1.82, 2.24) is 10.2 Å². The van der Waals surface area contributed by atoms with E-state index in [1.165, 1.54) is 0 Å². The van der Waals surface area contributed by atoms with E-state index < -0.39 is 0 Å². The average Bonchev–Trinajstić information content (AvgIpc) is 2.78. The minimum absolute atomic E-state index is 0.288. The van der Waals surface area contributed by atoms with E-state index in [9.17, 15) is 0 Å². The molecule has 1 aliphatic heterocycles. The molecule has 0 spiro atoms. The van der Waals surface area contributed by atoms with E-state index in [2.05, 4.69) is 41.1 Å². The lowest BCUT2D eigenvalue weighted by molar-refractivity contribution is 0.263. The molecule has 1 unspecified atom stereocenters. The lowest BCUT2D eigenvalue weighted by Gasteiger charge is -2.17. The van der Waals surface area contributed by atoms with Gasteiger partial charge in [0, 0.05) is 19.7 Å². The minimum atomic E-state index is 0.288. The van der Waals surface area contributed by atoms with Crippen molar-refractivity contribution < 1.29 is 5.11 Å². The molecule has 4 nitrogen and oxygen atoms in total. The zero-order valence-corrected chi connectivity index (χ0v) is 10.6. The van der Waals surface area contributed by atoms with E-state index in [0.717, 1.165) is 37.4 Å². The molecular formula is C13H21N3O. The molecule has 2 rings (SSSR count). The molecule has 94 valence electrons. The summed E-state index contributed by atoms with van der Waals surface area (Å²) < 4.78 is 0. The van der Waals surface area contributed by atoms with Crippen molar-refractivity contribution >= 4 is 5.82 Å². The van der Waals surface area contributed by atoms with Gasteiger partial charge in [0.15, 0.2) is 5.82 Å². The second-order valence-corrected chi connectivity index (χ2v) is 5.08. The smallest absolute Gasteiger partial charge is 0.151 e. The first kappa shape index (κ1) is 12.3. The molecule has 1 N–H and O–H groups in total. The Hall–Kier alpha value is -1.16. The Bertz CT molecular complexity index is 350. The van der Waals surface area contributed by atoms with Crippen LogP contribution in [0, 0.1) is 5.92 Å². The molecular weight excluding hydrogens is 214 g/mol. The summed E-state index contributed by atoms with van der Waals surface area (Å²) in [6.45, 7) is 6.56. The summed E-state index contributed by atoms with van der Waals surface area (Å²) in [6, 6.07) is 4.12. The number of anilines is 1. The van der Waals surface area contributed by atoms with Gasteiger partial charge in [-0.3, -0.25) is 0 Å². The fourth-order valence-electron chi connectivity index (χ4n) is 2.27. The molecule has 2 heterocycles. The summed E-state index contributed by atoms with van der Waals surface area (Å²) in [7, 11) is 0. The van der Waals surface area contributed by atoms with Crippen LogP contribution in [0.25, 0.3) is 0 Å². The number of aliphatic hydroxyl groups excluding tert-OH is 1. The molecule has 0 radical (unpaired) electrons. The monoisotopic (exact) mass is 235 g/mol. The van der Waals surface area contributed by atoms with Crippen molar-refractivity contribution in [2.45, 2.75) is 32.6 Å². The highest BCUT2D eigenvalue weighted by Crippen LogP contribution is 2.24. The van der Waals surface area contributed by atoms with E-state index in [4.69, 9.17) is 5.11 Å². The first-order chi connectivity index (χ1) is 8.20. The van der Waals surface area contributed by atoms with Crippen LogP contribution in [0.3, 0.4) is 0 Å². The van der Waals surface area contributed by atoms with Crippen LogP contribution in [-0.4, -0.2) is 35.0 Å². The van der Waals surface area contributed by atoms with Gasteiger partial charge in [0.1, 0.15) is 0 Å². The molecule has 0 bridgehead atoms. The van der Waals surface area contributed by atoms with Gasteiger partial charge in [-0.2, -0.15) is 5.10 Å². The summed E-state index contributed by atoms with van der Waals surface area (Å²) in [4.78, 5) is 2.26. The summed E-state index contributed by atoms with van der Waals surface area (Å²) in [5.41, 5.74) is 1.04. The van der Waals surface area contributed by atoms with Gasteiger partial charge in [0.05, 0.1) is 5.69 Å². The van der Waals surface area contributed by atoms with Gasteiger partial charge < -0.3 is 10.0 Å². The third kappa shape index (κ3) is 2.94. The number of aromatic nitrogens is 2. The molecule has 17 heavy (non-hydrogen) atoms. The average molecular weight is 235 g/mol. The van der Waals surface area contributed by atoms with Gasteiger partial charge in [-0.05, 0) is 36.8 Å². The highest BCUT2D eigenvalue weighted by Gasteiger charge is 2.23. The maximum Gasteiger partial charge on any atom is 0.151 e. The van der Waals surface area contributed by atoms with Crippen molar-refractivity contribution in [3.8, 4) is 0 Å². The van der Waals surface area contributed by atoms with E-state index >= 15 is 0 Å². The minimum Gasteiger partial charge on any atom is -0.396 e. The molecule has 1 aromatic heterocycles. The fourth-order valence-corrected chi connectivity index (χ4v) is 2.27. The number of hydrogen-bond acceptors (Lipinski definition) is 4. The standard InChI is InChI=1S/C13H21N3O/c1-10(2)12-3-4-13(15-14-12)16-7-5-11(9-16)6-8-17/h3-4,10-11,17H,5-9H2,1-2H3. The molecule has 4 heteroatoms. The van der Waals surface area contributed by atoms with Crippen LogP contribution in [0.5, 0.6) is 0 Å². The van der Waals surface area contributed by atoms with Crippen molar-refractivity contribution in [3.05, 3.63) is 17.8 Å². The molecule has 1 saturated heterocycles. The molecule has 0 aliphatic carbocycles. The maximum absolute atomic E-state index is 8.93. The van der Waals surface area contributed by atoms with Crippen LogP contribution < -0.4 is 4.90 Å². The molecule has 1 aromatic rings. The van der Waals surface area contributed by atoms with Gasteiger partial charge in [0.2, 0.25) is 0 Å². The van der Waals surface area contributed by atoms with Crippen molar-refractivity contribution in [2.24, 2.45) is 5.92 Å². The van der Waals surface area contributed by atoms with Crippen LogP contribution in [0.15, 0.2) is 12.1 Å². The Morgan fingerprint density at radius 2 is 2.24 bits per heavy atom. The summed E-state index contributed by atoms with van der Waals surface area (Å²) in [5, 5.41) is 17.5. The zero-order chi connectivity index (χ0) is 12.3. The van der Waals surface area contributed by atoms with Crippen molar-refractivity contribution in [3.63, 3.8) is 0 Å². The fraction of sp³-hybridized carbons (Fsp3) is 0.692. The zero-order valence-electron chi connectivity index (χ0n) is 10.6. The van der Waals surface area contributed by atoms with Gasteiger partial charge >= 0.3 is 0 Å². The number of nitrogens with zero attached hydrogens (tertiary/aromatic N) is 3. The van der Waals surface area contributed by atoms with E-state index in [-0.39, 0.29) is 6.61 Å². The number of aliphatic hydroxyl groups is 1. The molecule has 0 saturated carbocycles. The molecule has 1 fully saturated rings. The third-order valence-electron chi connectivity index (χ3n) is 3.41. The Labute approximate surface area is 103 Å². The molecule has 0 amide bonds. The Balaban J connectivity index is 1.99. The lowest BCUT2D eigenvalue weighted by atomic mass is 10.1. The highest BCUT2D eigenvalue weighted by molar-refractivity contribution is 5.38. The quantitative estimate of drug-likeness (QED) is 0.864. The highest BCUT2D eigenvalue weighted by atomic mass is 16.3. The summed E-state index contributed by atoms with van der Waals surface area (Å²) >= 11 is 0. The summed E-state index contributed by atoms with van der Waals surface area (Å²) in [5.74, 6) is 2.00. The third-order valence-corrected chi connectivity index (χ3v) is 3.41. The summed E-state index contributed by atoms with van der Waals surface area (Å²) in [6.07, 6.45) is 2.04. The second kappa shape index (κ2) is 5.45. The maximum atomic E-state index is 8.93. The first-order valence-corrected chi connectivity index (χ1v) is 6.40. The Morgan fingerprint density at radius 1 is 1.41 bits per heavy atom. The van der Waals surface area contributed by atoms with Crippen molar-refractivity contribution in [1.29, 1.82) is 0 Å². The lowest BCUT2D eigenvalue weighted by Crippen LogP contribution is -2.21. The first-order valence-electron chi connectivity index (χ1n) is 6.40. The number of rotatable bonds is 4. The SMILES string of the molecule is CC(C)c1ccc(N2CCC(CCO)C2)nn1. The Morgan fingerprint density at radius 3 is 2.82 bits per heavy atom. The van der Waals surface area contributed by atoms with Crippen molar-refractivity contribution in [2.75, 3.05) is 24.6 Å². The van der Waals surface area contributed by atoms with Crippen LogP contribution in [0.4, 0.5) is 5.82 Å². The van der Waals surface area contributed by atoms with Gasteiger partial charge in [-0.25, -0.2) is 0 Å². The van der Waals surface area contributed by atoms with E-state index in [0.29, 0.717) is 11.8 Å². The van der Waals surface area contributed by atoms with Gasteiger partial charge in [0.25, 0.3) is 0 Å². The van der Waals surface area contributed by atoms with Crippen LogP contribution in [0.2, 0.25) is 0 Å². The predicted octanol–water partition coefficient (Wildman–Crippen LogP) is 1.81. The molecule has 0 aromatic carbocycles. The van der Waals surface area contributed by atoms with Gasteiger partial charge in [-0.1, -0.05) is 13.8 Å². The van der Waals surface area contributed by atoms with Crippen LogP contribution in [-0.2, 0) is 0 Å². The second-order valence-electron chi connectivity index (χ2n) is 5.08. The van der Waals surface area contributed by atoms with Crippen LogP contribution in [0.1, 0.15) is 38.3 Å². The topological polar surface area (TPSA) is 49.2 Å². The van der Waals surface area contributed by atoms with Crippen LogP contribution >= 0.6 is 0 Å². The molecule has 1 atom stereocenters. The Kier molecular flexibility index (Phi) is 3.94. The number of hydrogen-bond donors (Lipinski definition) is 1. The predicted molar refractivity (Wildman–Crippen MR) is 68.1 cm³/mol. The molecule has 1 aliphatic rings. The van der Waals surface area contributed by atoms with Gasteiger partial charge in [-0.15, -0.1) is 5.10 Å².